The molecule has 1 saturated carbocycles. The highest BCUT2D eigenvalue weighted by Crippen LogP contribution is 2.38. The van der Waals surface area contributed by atoms with E-state index in [1.165, 1.54) is 0 Å². The van der Waals surface area contributed by atoms with Crippen LogP contribution in [-0.2, 0) is 4.79 Å². The molecule has 1 aliphatic heterocycles. The second-order valence-corrected chi connectivity index (χ2v) is 8.68. The molecule has 6 nitrogen and oxygen atoms in total. The van der Waals surface area contributed by atoms with Gasteiger partial charge in [0.2, 0.25) is 0 Å². The second kappa shape index (κ2) is 8.82. The van der Waals surface area contributed by atoms with Crippen LogP contribution in [0.5, 0.6) is 11.5 Å². The van der Waals surface area contributed by atoms with E-state index in [-0.39, 0.29) is 24.5 Å². The van der Waals surface area contributed by atoms with Crippen molar-refractivity contribution in [1.82, 2.24) is 9.88 Å². The number of pyridine rings is 1. The van der Waals surface area contributed by atoms with Gasteiger partial charge in [0, 0.05) is 18.8 Å². The van der Waals surface area contributed by atoms with Crippen LogP contribution in [0.3, 0.4) is 0 Å². The molecule has 1 aromatic carbocycles. The minimum atomic E-state index is -0.554. The van der Waals surface area contributed by atoms with Crippen molar-refractivity contribution >= 4 is 17.5 Å². The van der Waals surface area contributed by atoms with E-state index in [2.05, 4.69) is 4.98 Å². The van der Waals surface area contributed by atoms with Gasteiger partial charge in [-0.3, -0.25) is 9.78 Å². The van der Waals surface area contributed by atoms with E-state index in [1.54, 1.807) is 12.1 Å². The van der Waals surface area contributed by atoms with Crippen LogP contribution in [0.15, 0.2) is 36.4 Å². The van der Waals surface area contributed by atoms with Gasteiger partial charge in [-0.25, -0.2) is 0 Å². The number of carbonyl (C=O) groups is 1. The highest BCUT2D eigenvalue weighted by Gasteiger charge is 2.44. The number of aliphatic hydroxyl groups excluding tert-OH is 1. The largest absolute Gasteiger partial charge is 0.486 e. The number of likely N-dealkylation sites (tertiary alicyclic amines) is 1. The molecule has 0 unspecified atom stereocenters. The van der Waals surface area contributed by atoms with Crippen molar-refractivity contribution in [3.63, 3.8) is 0 Å². The molecule has 1 aromatic heterocycles. The Labute approximate surface area is 181 Å². The van der Waals surface area contributed by atoms with E-state index < -0.39 is 6.10 Å². The second-order valence-electron chi connectivity index (χ2n) is 8.27. The average Bonchev–Trinajstić information content (AvgIpc) is 3.12. The summed E-state index contributed by atoms with van der Waals surface area (Å²) in [5, 5.41) is 11.1. The molecule has 0 spiro atoms. The minimum absolute atomic E-state index is 0.0418. The summed E-state index contributed by atoms with van der Waals surface area (Å²) in [6, 6.07) is 10.9. The van der Waals surface area contributed by atoms with E-state index in [4.69, 9.17) is 21.1 Å². The van der Waals surface area contributed by atoms with Crippen LogP contribution in [0.1, 0.15) is 24.2 Å². The Morgan fingerprint density at radius 2 is 1.87 bits per heavy atom. The molecule has 4 rings (SSSR count). The molecule has 0 bridgehead atoms. The summed E-state index contributed by atoms with van der Waals surface area (Å²) in [5.74, 6) is 1.75. The molecule has 4 atom stereocenters. The Balaban J connectivity index is 1.34. The number of hydrogen-bond donors (Lipinski definition) is 1. The molecule has 30 heavy (non-hydrogen) atoms. The average molecular weight is 431 g/mol. The Bertz CT molecular complexity index is 922. The van der Waals surface area contributed by atoms with E-state index in [9.17, 15) is 9.90 Å². The number of para-hydroxylation sites is 1. The molecule has 2 heterocycles. The molecule has 7 heteroatoms. The number of halogens is 1. The number of amides is 1. The number of hydrogen-bond acceptors (Lipinski definition) is 5. The first kappa shape index (κ1) is 20.9. The predicted molar refractivity (Wildman–Crippen MR) is 114 cm³/mol. The van der Waals surface area contributed by atoms with Crippen molar-refractivity contribution in [2.75, 3.05) is 19.7 Å². The first-order valence-electron chi connectivity index (χ1n) is 10.3. The lowest BCUT2D eigenvalue weighted by Gasteiger charge is -2.35. The van der Waals surface area contributed by atoms with Gasteiger partial charge >= 0.3 is 0 Å². The molecule has 1 aliphatic carbocycles. The van der Waals surface area contributed by atoms with Gasteiger partial charge in [0.25, 0.3) is 5.91 Å². The van der Waals surface area contributed by atoms with Crippen LogP contribution in [0.25, 0.3) is 0 Å². The minimum Gasteiger partial charge on any atom is -0.486 e. The summed E-state index contributed by atoms with van der Waals surface area (Å²) >= 11 is 6.09. The highest BCUT2D eigenvalue weighted by atomic mass is 35.5. The van der Waals surface area contributed by atoms with Crippen LogP contribution in [-0.4, -0.2) is 52.8 Å². The Morgan fingerprint density at radius 1 is 1.13 bits per heavy atom. The summed E-state index contributed by atoms with van der Waals surface area (Å²) < 4.78 is 11.7. The third-order valence-electron chi connectivity index (χ3n) is 6.08. The van der Waals surface area contributed by atoms with E-state index in [0.717, 1.165) is 11.4 Å². The molecule has 160 valence electrons. The third-order valence-corrected chi connectivity index (χ3v) is 6.39. The lowest BCUT2D eigenvalue weighted by atomic mass is 9.78. The molecule has 2 aliphatic rings. The molecular formula is C23H27ClN2O4. The predicted octanol–water partition coefficient (Wildman–Crippen LogP) is 3.41. The van der Waals surface area contributed by atoms with Gasteiger partial charge in [-0.1, -0.05) is 23.7 Å². The maximum atomic E-state index is 12.7. The van der Waals surface area contributed by atoms with Crippen molar-refractivity contribution in [3.05, 3.63) is 52.8 Å². The summed E-state index contributed by atoms with van der Waals surface area (Å²) in [7, 11) is 0. The molecule has 2 fully saturated rings. The lowest BCUT2D eigenvalue weighted by Crippen LogP contribution is -2.42. The van der Waals surface area contributed by atoms with Crippen LogP contribution in [0.4, 0.5) is 0 Å². The maximum absolute atomic E-state index is 12.7. The quantitative estimate of drug-likeness (QED) is 0.787. The van der Waals surface area contributed by atoms with Crippen molar-refractivity contribution in [2.45, 2.75) is 38.9 Å². The van der Waals surface area contributed by atoms with Crippen molar-refractivity contribution in [2.24, 2.45) is 11.8 Å². The Hall–Kier alpha value is -2.31. The first-order valence-corrected chi connectivity index (χ1v) is 10.7. The van der Waals surface area contributed by atoms with Gasteiger partial charge in [-0.15, -0.1) is 0 Å². The zero-order valence-corrected chi connectivity index (χ0v) is 18.0. The number of ether oxygens (including phenoxy) is 2. The van der Waals surface area contributed by atoms with Crippen molar-refractivity contribution in [1.29, 1.82) is 0 Å². The van der Waals surface area contributed by atoms with Gasteiger partial charge in [0.05, 0.1) is 16.8 Å². The van der Waals surface area contributed by atoms with Crippen LogP contribution in [0.2, 0.25) is 5.02 Å². The molecule has 1 amide bonds. The number of carbonyl (C=O) groups excluding carboxylic acids is 1. The number of fused-ring (bicyclic) bond motifs is 1. The number of benzene rings is 1. The molecular weight excluding hydrogens is 404 g/mol. The van der Waals surface area contributed by atoms with Crippen LogP contribution in [0, 0.1) is 25.7 Å². The number of nitrogens with zero attached hydrogens (tertiary/aromatic N) is 2. The van der Waals surface area contributed by atoms with E-state index in [0.29, 0.717) is 48.4 Å². The number of aliphatic hydroxyl groups is 1. The SMILES string of the molecule is Cc1ccc(O[C@@H]2C[C@@H]3CN(C(=O)COc4ccccc4Cl)C[C@@H]3C[C@H]2O)c(C)n1. The standard InChI is InChI=1S/C23H27ClN2O4/c1-14-7-8-20(15(2)25-14)30-22-10-17-12-26(11-16(17)9-19(22)27)23(28)13-29-21-6-4-3-5-18(21)24/h3-8,16-17,19,22,27H,9-13H2,1-2H3/t16-,17+,19+,22+/m0/s1. The summed E-state index contributed by atoms with van der Waals surface area (Å²) in [5.41, 5.74) is 1.76. The van der Waals surface area contributed by atoms with Gasteiger partial charge in [0.1, 0.15) is 17.6 Å². The molecule has 2 aromatic rings. The van der Waals surface area contributed by atoms with Crippen molar-refractivity contribution in [3.8, 4) is 11.5 Å². The zero-order chi connectivity index (χ0) is 21.3. The van der Waals surface area contributed by atoms with E-state index in [1.807, 2.05) is 43.0 Å². The van der Waals surface area contributed by atoms with E-state index >= 15 is 0 Å². The van der Waals surface area contributed by atoms with Gasteiger partial charge < -0.3 is 19.5 Å². The fraction of sp³-hybridized carbons (Fsp3) is 0.478. The smallest absolute Gasteiger partial charge is 0.260 e. The number of aryl methyl sites for hydroxylation is 2. The topological polar surface area (TPSA) is 71.9 Å². The number of rotatable bonds is 5. The summed E-state index contributed by atoms with van der Waals surface area (Å²) in [6.45, 7) is 5.11. The van der Waals surface area contributed by atoms with Gasteiger partial charge in [-0.2, -0.15) is 0 Å². The lowest BCUT2D eigenvalue weighted by molar-refractivity contribution is -0.132. The molecule has 0 radical (unpaired) electrons. The summed E-state index contributed by atoms with van der Waals surface area (Å²) in [6.07, 6.45) is 0.502. The monoisotopic (exact) mass is 430 g/mol. The van der Waals surface area contributed by atoms with Crippen molar-refractivity contribution < 1.29 is 19.4 Å². The fourth-order valence-corrected chi connectivity index (χ4v) is 4.66. The molecule has 1 N–H and O–H groups in total. The normalized spacial score (nSPS) is 25.7. The van der Waals surface area contributed by atoms with Gasteiger partial charge in [0.15, 0.2) is 6.61 Å². The first-order chi connectivity index (χ1) is 14.4. The maximum Gasteiger partial charge on any atom is 0.260 e. The number of aromatic nitrogens is 1. The van der Waals surface area contributed by atoms with Crippen LogP contribution < -0.4 is 9.47 Å². The summed E-state index contributed by atoms with van der Waals surface area (Å²) in [4.78, 5) is 18.9. The van der Waals surface area contributed by atoms with Gasteiger partial charge in [-0.05, 0) is 62.8 Å². The highest BCUT2D eigenvalue weighted by molar-refractivity contribution is 6.32. The zero-order valence-electron chi connectivity index (χ0n) is 17.3. The fourth-order valence-electron chi connectivity index (χ4n) is 4.47. The molecule has 1 saturated heterocycles. The Kier molecular flexibility index (Phi) is 6.16. The Morgan fingerprint density at radius 3 is 2.60 bits per heavy atom. The third kappa shape index (κ3) is 4.55. The van der Waals surface area contributed by atoms with Crippen LogP contribution >= 0.6 is 11.6 Å².